The Morgan fingerprint density at radius 1 is 1.07 bits per heavy atom. The van der Waals surface area contributed by atoms with Crippen LogP contribution in [0.3, 0.4) is 0 Å². The second-order valence-corrected chi connectivity index (χ2v) is 10.1. The highest BCUT2D eigenvalue weighted by Crippen LogP contribution is 2.28. The quantitative estimate of drug-likeness (QED) is 0.506. The summed E-state index contributed by atoms with van der Waals surface area (Å²) in [6.45, 7) is 0. The summed E-state index contributed by atoms with van der Waals surface area (Å²) in [5, 5.41) is 10.6. The van der Waals surface area contributed by atoms with Gasteiger partial charge in [-0.3, -0.25) is 4.79 Å². The Hall–Kier alpha value is -2.46. The minimum Gasteiger partial charge on any atom is -0.465 e. The van der Waals surface area contributed by atoms with Gasteiger partial charge in [0.1, 0.15) is 5.03 Å². The molecular formula is C20H23N3O5S2. The summed E-state index contributed by atoms with van der Waals surface area (Å²) < 4.78 is 29.9. The molecule has 8 nitrogen and oxygen atoms in total. The number of amides is 1. The van der Waals surface area contributed by atoms with Gasteiger partial charge in [-0.25, -0.2) is 13.2 Å². The smallest absolute Gasteiger partial charge is 0.337 e. The van der Waals surface area contributed by atoms with Crippen molar-refractivity contribution in [2.75, 3.05) is 18.2 Å². The third-order valence-electron chi connectivity index (χ3n) is 4.84. The Balaban J connectivity index is 1.53. The zero-order valence-electron chi connectivity index (χ0n) is 16.5. The summed E-state index contributed by atoms with van der Waals surface area (Å²) in [6.07, 6.45) is 4.25. The van der Waals surface area contributed by atoms with Crippen molar-refractivity contribution in [3.63, 3.8) is 0 Å². The molecule has 0 unspecified atom stereocenters. The average molecular weight is 450 g/mol. The first kappa shape index (κ1) is 22.2. The minimum atomic E-state index is -3.46. The molecular weight excluding hydrogens is 426 g/mol. The van der Waals surface area contributed by atoms with E-state index in [2.05, 4.69) is 20.3 Å². The van der Waals surface area contributed by atoms with Crippen LogP contribution in [-0.2, 0) is 19.4 Å². The third kappa shape index (κ3) is 5.57. The van der Waals surface area contributed by atoms with Gasteiger partial charge in [-0.05, 0) is 49.2 Å². The first-order chi connectivity index (χ1) is 14.4. The van der Waals surface area contributed by atoms with Crippen LogP contribution in [0.4, 0.5) is 5.69 Å². The molecule has 1 aliphatic carbocycles. The fraction of sp³-hybridized carbons (Fsp3) is 0.400. The number of rotatable bonds is 7. The maximum atomic E-state index is 12.7. The van der Waals surface area contributed by atoms with Crippen molar-refractivity contribution >= 4 is 39.2 Å². The van der Waals surface area contributed by atoms with Crippen molar-refractivity contribution in [3.05, 3.63) is 42.0 Å². The second-order valence-electron chi connectivity index (χ2n) is 6.92. The number of hydrogen-bond donors (Lipinski definition) is 1. The SMILES string of the molecule is COC(=O)c1ccc(NC(=O)CSc2ccc(S(=O)(=O)C3CCCCC3)nn2)cc1. The normalized spacial score (nSPS) is 14.8. The van der Waals surface area contributed by atoms with E-state index in [4.69, 9.17) is 0 Å². The maximum absolute atomic E-state index is 12.7. The molecule has 0 spiro atoms. The fourth-order valence-corrected chi connectivity index (χ4v) is 5.55. The van der Waals surface area contributed by atoms with Crippen LogP contribution in [0.5, 0.6) is 0 Å². The Morgan fingerprint density at radius 2 is 1.77 bits per heavy atom. The molecule has 0 aliphatic heterocycles. The molecule has 1 saturated carbocycles. The van der Waals surface area contributed by atoms with Gasteiger partial charge in [0.25, 0.3) is 0 Å². The molecule has 0 radical (unpaired) electrons. The molecule has 2 aromatic rings. The van der Waals surface area contributed by atoms with Crippen LogP contribution in [0, 0.1) is 0 Å². The van der Waals surface area contributed by atoms with E-state index in [0.29, 0.717) is 29.1 Å². The summed E-state index contributed by atoms with van der Waals surface area (Å²) >= 11 is 1.16. The highest BCUT2D eigenvalue weighted by molar-refractivity contribution is 7.99. The van der Waals surface area contributed by atoms with E-state index in [-0.39, 0.29) is 21.9 Å². The highest BCUT2D eigenvalue weighted by Gasteiger charge is 2.30. The van der Waals surface area contributed by atoms with E-state index in [1.54, 1.807) is 30.3 Å². The summed E-state index contributed by atoms with van der Waals surface area (Å²) in [7, 11) is -2.16. The zero-order chi connectivity index (χ0) is 21.6. The number of anilines is 1. The molecule has 0 atom stereocenters. The van der Waals surface area contributed by atoms with Gasteiger partial charge in [0.05, 0.1) is 23.7 Å². The average Bonchev–Trinajstić information content (AvgIpc) is 2.78. The topological polar surface area (TPSA) is 115 Å². The van der Waals surface area contributed by atoms with E-state index >= 15 is 0 Å². The summed E-state index contributed by atoms with van der Waals surface area (Å²) in [5.41, 5.74) is 0.941. The number of hydrogen-bond acceptors (Lipinski definition) is 8. The second kappa shape index (κ2) is 10.0. The van der Waals surface area contributed by atoms with Crippen LogP contribution < -0.4 is 5.32 Å². The number of carbonyl (C=O) groups is 2. The number of nitrogens with one attached hydrogen (secondary N) is 1. The molecule has 1 aromatic carbocycles. The molecule has 1 N–H and O–H groups in total. The molecule has 1 aromatic heterocycles. The standard InChI is InChI=1S/C20H23N3O5S2/c1-28-20(25)14-7-9-15(10-8-14)21-17(24)13-29-18-11-12-19(23-22-18)30(26,27)16-5-3-2-4-6-16/h7-12,16H,2-6,13H2,1H3,(H,21,24). The van der Waals surface area contributed by atoms with Crippen LogP contribution in [-0.4, -0.2) is 48.6 Å². The van der Waals surface area contributed by atoms with Gasteiger partial charge in [-0.2, -0.15) is 0 Å². The van der Waals surface area contributed by atoms with Crippen molar-refractivity contribution in [2.24, 2.45) is 0 Å². The molecule has 0 bridgehead atoms. The van der Waals surface area contributed by atoms with Crippen LogP contribution in [0.25, 0.3) is 0 Å². The predicted molar refractivity (Wildman–Crippen MR) is 113 cm³/mol. The molecule has 0 saturated heterocycles. The number of benzene rings is 1. The van der Waals surface area contributed by atoms with Crippen molar-refractivity contribution in [1.29, 1.82) is 0 Å². The maximum Gasteiger partial charge on any atom is 0.337 e. The molecule has 30 heavy (non-hydrogen) atoms. The fourth-order valence-electron chi connectivity index (χ4n) is 3.23. The molecule has 3 rings (SSSR count). The number of methoxy groups -OCH3 is 1. The van der Waals surface area contributed by atoms with Crippen LogP contribution in [0.1, 0.15) is 42.5 Å². The Morgan fingerprint density at radius 3 is 2.37 bits per heavy atom. The predicted octanol–water partition coefficient (Wildman–Crippen LogP) is 3.10. The van der Waals surface area contributed by atoms with Gasteiger partial charge in [0.15, 0.2) is 14.9 Å². The van der Waals surface area contributed by atoms with Gasteiger partial charge in [0.2, 0.25) is 5.91 Å². The zero-order valence-corrected chi connectivity index (χ0v) is 18.2. The largest absolute Gasteiger partial charge is 0.465 e. The van der Waals surface area contributed by atoms with Crippen molar-refractivity contribution in [1.82, 2.24) is 10.2 Å². The van der Waals surface area contributed by atoms with Crippen molar-refractivity contribution < 1.29 is 22.7 Å². The van der Waals surface area contributed by atoms with E-state index in [0.717, 1.165) is 31.0 Å². The number of nitrogens with zero attached hydrogens (tertiary/aromatic N) is 2. The number of sulfone groups is 1. The van der Waals surface area contributed by atoms with Crippen LogP contribution >= 0.6 is 11.8 Å². The first-order valence-corrected chi connectivity index (χ1v) is 12.1. The molecule has 1 fully saturated rings. The summed E-state index contributed by atoms with van der Waals surface area (Å²) in [4.78, 5) is 23.5. The number of aromatic nitrogens is 2. The number of ether oxygens (including phenoxy) is 1. The van der Waals surface area contributed by atoms with E-state index in [1.807, 2.05) is 0 Å². The van der Waals surface area contributed by atoms with E-state index in [1.165, 1.54) is 13.2 Å². The van der Waals surface area contributed by atoms with Crippen molar-refractivity contribution in [3.8, 4) is 0 Å². The Kier molecular flexibility index (Phi) is 7.43. The first-order valence-electron chi connectivity index (χ1n) is 9.59. The van der Waals surface area contributed by atoms with Crippen LogP contribution in [0.15, 0.2) is 46.5 Å². The number of thioether (sulfide) groups is 1. The number of carbonyl (C=O) groups excluding carboxylic acids is 2. The Labute approximate surface area is 179 Å². The van der Waals surface area contributed by atoms with Crippen molar-refractivity contribution in [2.45, 2.75) is 47.4 Å². The van der Waals surface area contributed by atoms with Gasteiger partial charge in [-0.1, -0.05) is 31.0 Å². The molecule has 1 aliphatic rings. The minimum absolute atomic E-state index is 0.00565. The lowest BCUT2D eigenvalue weighted by atomic mass is 10.0. The molecule has 1 heterocycles. The van der Waals surface area contributed by atoms with E-state index < -0.39 is 15.8 Å². The third-order valence-corrected chi connectivity index (χ3v) is 7.91. The van der Waals surface area contributed by atoms with Gasteiger partial charge in [-0.15, -0.1) is 10.2 Å². The van der Waals surface area contributed by atoms with Gasteiger partial charge >= 0.3 is 5.97 Å². The summed E-state index contributed by atoms with van der Waals surface area (Å²) in [6, 6.07) is 9.38. The van der Waals surface area contributed by atoms with Gasteiger partial charge in [0, 0.05) is 5.69 Å². The lowest BCUT2D eigenvalue weighted by molar-refractivity contribution is -0.113. The molecule has 10 heteroatoms. The highest BCUT2D eigenvalue weighted by atomic mass is 32.2. The van der Waals surface area contributed by atoms with Gasteiger partial charge < -0.3 is 10.1 Å². The monoisotopic (exact) mass is 449 g/mol. The summed E-state index contributed by atoms with van der Waals surface area (Å²) in [5.74, 6) is -0.621. The molecule has 160 valence electrons. The molecule has 1 amide bonds. The Bertz CT molecular complexity index is 986. The lowest BCUT2D eigenvalue weighted by Gasteiger charge is -2.20. The van der Waals surface area contributed by atoms with Crippen LogP contribution in [0.2, 0.25) is 0 Å². The van der Waals surface area contributed by atoms with E-state index in [9.17, 15) is 18.0 Å². The lowest BCUT2D eigenvalue weighted by Crippen LogP contribution is -2.25. The number of esters is 1.